The minimum absolute atomic E-state index is 0.115. The zero-order valence-electron chi connectivity index (χ0n) is 10.4. The number of aliphatic hydroxyl groups is 1. The minimum atomic E-state index is -0.820. The molecule has 1 aromatic carbocycles. The number of benzene rings is 1. The predicted molar refractivity (Wildman–Crippen MR) is 65.1 cm³/mol. The quantitative estimate of drug-likeness (QED) is 0.761. The summed E-state index contributed by atoms with van der Waals surface area (Å²) in [6.07, 6.45) is -0.465. The fourth-order valence-electron chi connectivity index (χ4n) is 1.46. The minimum Gasteiger partial charge on any atom is -0.505 e. The molecule has 0 radical (unpaired) electrons. The molecule has 4 heteroatoms. The van der Waals surface area contributed by atoms with E-state index in [1.165, 1.54) is 12.1 Å². The van der Waals surface area contributed by atoms with Crippen LogP contribution in [0.3, 0.4) is 0 Å². The summed E-state index contributed by atoms with van der Waals surface area (Å²) in [6, 6.07) is 3.68. The number of halogens is 1. The largest absolute Gasteiger partial charge is 0.505 e. The van der Waals surface area contributed by atoms with Crippen molar-refractivity contribution in [3.63, 3.8) is 0 Å². The average molecular weight is 241 g/mol. The van der Waals surface area contributed by atoms with E-state index in [1.54, 1.807) is 0 Å². The number of phenolic OH excluding ortho intramolecular Hbond substituents is 1. The molecule has 96 valence electrons. The number of phenols is 1. The molecule has 0 aliphatic rings. The third-order valence-electron chi connectivity index (χ3n) is 2.95. The highest BCUT2D eigenvalue weighted by molar-refractivity contribution is 5.29. The molecule has 0 fully saturated rings. The smallest absolute Gasteiger partial charge is 0.165 e. The van der Waals surface area contributed by atoms with Crippen LogP contribution in [-0.2, 0) is 0 Å². The van der Waals surface area contributed by atoms with Gasteiger partial charge in [0.15, 0.2) is 11.6 Å². The topological polar surface area (TPSA) is 66.5 Å². The van der Waals surface area contributed by atoms with Gasteiger partial charge in [0.2, 0.25) is 0 Å². The summed E-state index contributed by atoms with van der Waals surface area (Å²) in [5.41, 5.74) is 6.27. The second-order valence-corrected chi connectivity index (χ2v) is 5.43. The predicted octanol–water partition coefficient (Wildman–Crippen LogP) is 2.33. The normalized spacial score (nSPS) is 15.6. The van der Waals surface area contributed by atoms with Gasteiger partial charge in [-0.3, -0.25) is 0 Å². The SMILES string of the molecule is CC(C)(C)[C@H](N)C[C@@H](O)c1ccc(O)c(F)c1. The molecule has 4 N–H and O–H groups in total. The van der Waals surface area contributed by atoms with Crippen molar-refractivity contribution in [2.45, 2.75) is 39.3 Å². The number of aromatic hydroxyl groups is 1. The summed E-state index contributed by atoms with van der Waals surface area (Å²) in [6.45, 7) is 5.96. The molecule has 0 heterocycles. The van der Waals surface area contributed by atoms with Gasteiger partial charge in [-0.25, -0.2) is 4.39 Å². The van der Waals surface area contributed by atoms with Crippen molar-refractivity contribution in [3.8, 4) is 5.75 Å². The Morgan fingerprint density at radius 2 is 1.94 bits per heavy atom. The van der Waals surface area contributed by atoms with E-state index in [4.69, 9.17) is 10.8 Å². The molecule has 1 rings (SSSR count). The fraction of sp³-hybridized carbons (Fsp3) is 0.538. The number of rotatable bonds is 3. The maximum atomic E-state index is 13.1. The molecule has 0 amide bonds. The molecule has 0 unspecified atom stereocenters. The molecule has 0 aliphatic heterocycles. The van der Waals surface area contributed by atoms with Crippen LogP contribution in [0.5, 0.6) is 5.75 Å². The first kappa shape index (κ1) is 13.9. The van der Waals surface area contributed by atoms with E-state index in [0.29, 0.717) is 12.0 Å². The third-order valence-corrected chi connectivity index (χ3v) is 2.95. The van der Waals surface area contributed by atoms with E-state index < -0.39 is 17.7 Å². The lowest BCUT2D eigenvalue weighted by Crippen LogP contribution is -2.36. The van der Waals surface area contributed by atoms with E-state index in [9.17, 15) is 9.50 Å². The highest BCUT2D eigenvalue weighted by atomic mass is 19.1. The molecular weight excluding hydrogens is 221 g/mol. The first-order valence-corrected chi connectivity index (χ1v) is 5.64. The van der Waals surface area contributed by atoms with Crippen molar-refractivity contribution >= 4 is 0 Å². The number of hydrogen-bond donors (Lipinski definition) is 3. The Bertz CT molecular complexity index is 387. The van der Waals surface area contributed by atoms with Gasteiger partial charge in [-0.05, 0) is 29.5 Å². The Labute approximate surface area is 101 Å². The van der Waals surface area contributed by atoms with Gasteiger partial charge in [-0.1, -0.05) is 26.8 Å². The standard InChI is InChI=1S/C13H20FNO2/c1-13(2,3)12(15)7-11(17)8-4-5-10(16)9(14)6-8/h4-6,11-12,16-17H,7,15H2,1-3H3/t11-,12-/m1/s1. The van der Waals surface area contributed by atoms with Crippen molar-refractivity contribution in [1.82, 2.24) is 0 Å². The van der Waals surface area contributed by atoms with Crippen LogP contribution in [0.2, 0.25) is 0 Å². The molecule has 0 aliphatic carbocycles. The lowest BCUT2D eigenvalue weighted by atomic mass is 9.83. The lowest BCUT2D eigenvalue weighted by Gasteiger charge is -2.29. The van der Waals surface area contributed by atoms with Crippen LogP contribution in [0.1, 0.15) is 38.9 Å². The number of aliphatic hydroxyl groups excluding tert-OH is 1. The van der Waals surface area contributed by atoms with Gasteiger partial charge in [-0.15, -0.1) is 0 Å². The average Bonchev–Trinajstić information content (AvgIpc) is 2.20. The fourth-order valence-corrected chi connectivity index (χ4v) is 1.46. The van der Waals surface area contributed by atoms with E-state index in [1.807, 2.05) is 20.8 Å². The molecule has 0 bridgehead atoms. The third kappa shape index (κ3) is 3.68. The van der Waals surface area contributed by atoms with Crippen LogP contribution in [0, 0.1) is 11.2 Å². The summed E-state index contributed by atoms with van der Waals surface area (Å²) < 4.78 is 13.1. The second-order valence-electron chi connectivity index (χ2n) is 5.43. The zero-order chi connectivity index (χ0) is 13.2. The Morgan fingerprint density at radius 3 is 2.41 bits per heavy atom. The second kappa shape index (κ2) is 5.02. The van der Waals surface area contributed by atoms with E-state index >= 15 is 0 Å². The molecule has 2 atom stereocenters. The molecule has 0 saturated carbocycles. The van der Waals surface area contributed by atoms with Gasteiger partial charge in [0.25, 0.3) is 0 Å². The van der Waals surface area contributed by atoms with Gasteiger partial charge < -0.3 is 15.9 Å². The van der Waals surface area contributed by atoms with E-state index in [-0.39, 0.29) is 11.5 Å². The molecule has 0 saturated heterocycles. The maximum absolute atomic E-state index is 13.1. The van der Waals surface area contributed by atoms with Crippen molar-refractivity contribution < 1.29 is 14.6 Å². The van der Waals surface area contributed by atoms with E-state index in [2.05, 4.69) is 0 Å². The van der Waals surface area contributed by atoms with Crippen molar-refractivity contribution in [1.29, 1.82) is 0 Å². The van der Waals surface area contributed by atoms with Crippen LogP contribution < -0.4 is 5.73 Å². The van der Waals surface area contributed by atoms with Gasteiger partial charge in [0, 0.05) is 6.04 Å². The van der Waals surface area contributed by atoms with Crippen LogP contribution >= 0.6 is 0 Å². The van der Waals surface area contributed by atoms with Crippen LogP contribution in [-0.4, -0.2) is 16.3 Å². The first-order valence-electron chi connectivity index (χ1n) is 5.64. The first-order chi connectivity index (χ1) is 7.71. The summed E-state index contributed by atoms with van der Waals surface area (Å²) >= 11 is 0. The molecule has 0 spiro atoms. The molecule has 0 aromatic heterocycles. The number of hydrogen-bond acceptors (Lipinski definition) is 3. The van der Waals surface area contributed by atoms with Crippen molar-refractivity contribution in [2.75, 3.05) is 0 Å². The van der Waals surface area contributed by atoms with Gasteiger partial charge in [0.05, 0.1) is 6.10 Å². The van der Waals surface area contributed by atoms with Gasteiger partial charge >= 0.3 is 0 Å². The molecule has 17 heavy (non-hydrogen) atoms. The van der Waals surface area contributed by atoms with E-state index in [0.717, 1.165) is 6.07 Å². The lowest BCUT2D eigenvalue weighted by molar-refractivity contribution is 0.133. The summed E-state index contributed by atoms with van der Waals surface area (Å²) in [7, 11) is 0. The molecular formula is C13H20FNO2. The van der Waals surface area contributed by atoms with Crippen LogP contribution in [0.15, 0.2) is 18.2 Å². The maximum Gasteiger partial charge on any atom is 0.165 e. The summed E-state index contributed by atoms with van der Waals surface area (Å²) in [5, 5.41) is 19.0. The highest BCUT2D eigenvalue weighted by Gasteiger charge is 2.24. The Kier molecular flexibility index (Phi) is 4.11. The molecule has 1 aromatic rings. The summed E-state index contributed by atoms with van der Waals surface area (Å²) in [4.78, 5) is 0. The summed E-state index contributed by atoms with van der Waals surface area (Å²) in [5.74, 6) is -1.15. The monoisotopic (exact) mass is 241 g/mol. The van der Waals surface area contributed by atoms with Crippen LogP contribution in [0.4, 0.5) is 4.39 Å². The zero-order valence-corrected chi connectivity index (χ0v) is 10.4. The Balaban J connectivity index is 2.76. The highest BCUT2D eigenvalue weighted by Crippen LogP contribution is 2.28. The van der Waals surface area contributed by atoms with Gasteiger partial charge in [0.1, 0.15) is 0 Å². The molecule has 3 nitrogen and oxygen atoms in total. The number of nitrogens with two attached hydrogens (primary N) is 1. The van der Waals surface area contributed by atoms with Crippen molar-refractivity contribution in [3.05, 3.63) is 29.6 Å². The Hall–Kier alpha value is -1.13. The van der Waals surface area contributed by atoms with Gasteiger partial charge in [-0.2, -0.15) is 0 Å². The van der Waals surface area contributed by atoms with Crippen molar-refractivity contribution in [2.24, 2.45) is 11.1 Å². The Morgan fingerprint density at radius 1 is 1.35 bits per heavy atom. The van der Waals surface area contributed by atoms with Crippen LogP contribution in [0.25, 0.3) is 0 Å².